The van der Waals surface area contributed by atoms with Crippen LogP contribution in [-0.4, -0.2) is 9.97 Å². The summed E-state index contributed by atoms with van der Waals surface area (Å²) >= 11 is 3.18. The van der Waals surface area contributed by atoms with Crippen LogP contribution >= 0.6 is 15.9 Å². The number of hydrogen-bond donors (Lipinski definition) is 3. The summed E-state index contributed by atoms with van der Waals surface area (Å²) in [5.74, 6) is -0.289. The van der Waals surface area contributed by atoms with Crippen LogP contribution in [0.25, 0.3) is 10.9 Å². The predicted octanol–water partition coefficient (Wildman–Crippen LogP) is 3.15. The first-order valence-corrected chi connectivity index (χ1v) is 6.84. The van der Waals surface area contributed by atoms with E-state index in [0.717, 1.165) is 0 Å². The van der Waals surface area contributed by atoms with Crippen molar-refractivity contribution in [3.05, 3.63) is 57.0 Å². The van der Waals surface area contributed by atoms with E-state index in [0.29, 0.717) is 21.1 Å². The fraction of sp³-hybridized carbons (Fsp3) is 0. The average Bonchev–Trinajstić information content (AvgIpc) is 2.43. The smallest absolute Gasteiger partial charge is 0.260 e. The molecular weight excluding hydrogens is 339 g/mol. The van der Waals surface area contributed by atoms with Gasteiger partial charge in [-0.15, -0.1) is 0 Å². The number of aromatic amines is 1. The van der Waals surface area contributed by atoms with Crippen molar-refractivity contribution in [3.8, 4) is 0 Å². The van der Waals surface area contributed by atoms with Crippen LogP contribution in [0, 0.1) is 5.82 Å². The Labute approximate surface area is 127 Å². The van der Waals surface area contributed by atoms with Crippen molar-refractivity contribution in [3.63, 3.8) is 0 Å². The third kappa shape index (κ3) is 2.73. The number of H-pyrrole nitrogens is 1. The van der Waals surface area contributed by atoms with Crippen LogP contribution in [0.15, 0.2) is 45.7 Å². The monoisotopic (exact) mass is 348 g/mol. The molecule has 0 aliphatic rings. The van der Waals surface area contributed by atoms with Crippen LogP contribution in [0.3, 0.4) is 0 Å². The quantitative estimate of drug-likeness (QED) is 0.621. The van der Waals surface area contributed by atoms with E-state index in [1.54, 1.807) is 30.3 Å². The molecule has 0 unspecified atom stereocenters. The van der Waals surface area contributed by atoms with Crippen molar-refractivity contribution < 1.29 is 4.39 Å². The summed E-state index contributed by atoms with van der Waals surface area (Å²) in [7, 11) is 0. The number of hydrogen-bond acceptors (Lipinski definition) is 4. The number of nitrogen functional groups attached to an aromatic ring is 1. The minimum atomic E-state index is -0.454. The second kappa shape index (κ2) is 5.17. The van der Waals surface area contributed by atoms with Gasteiger partial charge in [0.2, 0.25) is 5.95 Å². The Morgan fingerprint density at radius 2 is 2.05 bits per heavy atom. The Morgan fingerprint density at radius 1 is 1.24 bits per heavy atom. The van der Waals surface area contributed by atoms with E-state index in [2.05, 4.69) is 31.2 Å². The molecule has 0 aliphatic heterocycles. The van der Waals surface area contributed by atoms with Crippen molar-refractivity contribution in [2.45, 2.75) is 0 Å². The van der Waals surface area contributed by atoms with Gasteiger partial charge in [0.05, 0.1) is 16.6 Å². The minimum absolute atomic E-state index is 0.165. The second-order valence-corrected chi connectivity index (χ2v) is 5.36. The molecule has 3 rings (SSSR count). The molecule has 0 spiro atoms. The van der Waals surface area contributed by atoms with Crippen LogP contribution in [0.1, 0.15) is 0 Å². The lowest BCUT2D eigenvalue weighted by Gasteiger charge is -2.08. The summed E-state index contributed by atoms with van der Waals surface area (Å²) in [6.45, 7) is 0. The number of rotatable bonds is 2. The second-order valence-electron chi connectivity index (χ2n) is 4.44. The first kappa shape index (κ1) is 13.6. The topological polar surface area (TPSA) is 83.8 Å². The van der Waals surface area contributed by atoms with Gasteiger partial charge in [-0.2, -0.15) is 0 Å². The van der Waals surface area contributed by atoms with E-state index in [1.165, 1.54) is 6.07 Å². The highest BCUT2D eigenvalue weighted by Crippen LogP contribution is 2.22. The standard InChI is InChI=1S/C14H10BrFN4O/c15-7-1-3-12(10(16)5-7)19-14-18-11-4-2-8(17)6-9(11)13(21)20-14/h1-6H,17H2,(H2,18,19,20,21). The lowest BCUT2D eigenvalue weighted by molar-refractivity contribution is 0.631. The van der Waals surface area contributed by atoms with Crippen LogP contribution in [0.4, 0.5) is 21.7 Å². The third-order valence-electron chi connectivity index (χ3n) is 2.91. The van der Waals surface area contributed by atoms with Gasteiger partial charge in [0.15, 0.2) is 0 Å². The van der Waals surface area contributed by atoms with Crippen molar-refractivity contribution in [1.29, 1.82) is 0 Å². The normalized spacial score (nSPS) is 10.8. The zero-order valence-corrected chi connectivity index (χ0v) is 12.2. The number of aromatic nitrogens is 2. The predicted molar refractivity (Wildman–Crippen MR) is 84.2 cm³/mol. The van der Waals surface area contributed by atoms with Crippen LogP contribution in [0.2, 0.25) is 0 Å². The molecule has 0 fully saturated rings. The average molecular weight is 349 g/mol. The van der Waals surface area contributed by atoms with Gasteiger partial charge in [-0.25, -0.2) is 9.37 Å². The first-order valence-electron chi connectivity index (χ1n) is 6.04. The molecule has 2 aromatic carbocycles. The molecule has 0 atom stereocenters. The number of halogens is 2. The Morgan fingerprint density at radius 3 is 2.81 bits per heavy atom. The molecule has 3 aromatic rings. The molecule has 0 amide bonds. The summed E-state index contributed by atoms with van der Waals surface area (Å²) in [4.78, 5) is 18.8. The highest BCUT2D eigenvalue weighted by Gasteiger charge is 2.07. The molecule has 0 bridgehead atoms. The number of anilines is 3. The largest absolute Gasteiger partial charge is 0.399 e. The van der Waals surface area contributed by atoms with Gasteiger partial charge in [-0.3, -0.25) is 9.78 Å². The van der Waals surface area contributed by atoms with Crippen molar-refractivity contribution >= 4 is 44.2 Å². The molecule has 106 valence electrons. The number of fused-ring (bicyclic) bond motifs is 1. The lowest BCUT2D eigenvalue weighted by atomic mass is 10.2. The molecule has 0 saturated carbocycles. The molecule has 5 nitrogen and oxygen atoms in total. The maximum Gasteiger partial charge on any atom is 0.260 e. The van der Waals surface area contributed by atoms with Crippen molar-refractivity contribution in [1.82, 2.24) is 9.97 Å². The zero-order chi connectivity index (χ0) is 15.0. The number of nitrogens with zero attached hydrogens (tertiary/aromatic N) is 1. The van der Waals surface area contributed by atoms with E-state index in [9.17, 15) is 9.18 Å². The fourth-order valence-electron chi connectivity index (χ4n) is 1.93. The van der Waals surface area contributed by atoms with Crippen LogP contribution in [0.5, 0.6) is 0 Å². The molecule has 21 heavy (non-hydrogen) atoms. The molecule has 0 aliphatic carbocycles. The summed E-state index contributed by atoms with van der Waals surface area (Å²) in [6, 6.07) is 9.40. The van der Waals surface area contributed by atoms with E-state index in [4.69, 9.17) is 5.73 Å². The van der Waals surface area contributed by atoms with Gasteiger partial charge >= 0.3 is 0 Å². The van der Waals surface area contributed by atoms with E-state index < -0.39 is 5.82 Å². The Kier molecular flexibility index (Phi) is 3.34. The van der Waals surface area contributed by atoms with E-state index >= 15 is 0 Å². The Hall–Kier alpha value is -2.41. The van der Waals surface area contributed by atoms with Gasteiger partial charge in [-0.05, 0) is 36.4 Å². The number of nitrogens with two attached hydrogens (primary N) is 1. The zero-order valence-electron chi connectivity index (χ0n) is 10.7. The van der Waals surface area contributed by atoms with Crippen LogP contribution in [-0.2, 0) is 0 Å². The fourth-order valence-corrected chi connectivity index (χ4v) is 2.27. The van der Waals surface area contributed by atoms with Gasteiger partial charge in [0, 0.05) is 10.2 Å². The van der Waals surface area contributed by atoms with E-state index in [1.807, 2.05) is 0 Å². The Bertz CT molecular complexity index is 894. The first-order chi connectivity index (χ1) is 10.0. The van der Waals surface area contributed by atoms with Gasteiger partial charge in [0.25, 0.3) is 5.56 Å². The number of nitrogens with one attached hydrogen (secondary N) is 2. The maximum absolute atomic E-state index is 13.8. The molecule has 0 radical (unpaired) electrons. The molecule has 7 heteroatoms. The summed E-state index contributed by atoms with van der Waals surface area (Å²) in [5.41, 5.74) is 6.48. The van der Waals surface area contributed by atoms with Crippen molar-refractivity contribution in [2.24, 2.45) is 0 Å². The third-order valence-corrected chi connectivity index (χ3v) is 3.41. The molecule has 1 aromatic heterocycles. The summed E-state index contributed by atoms with van der Waals surface area (Å²) < 4.78 is 14.4. The SMILES string of the molecule is Nc1ccc2nc(Nc3ccc(Br)cc3F)[nH]c(=O)c2c1. The Balaban J connectivity index is 2.05. The highest BCUT2D eigenvalue weighted by atomic mass is 79.9. The summed E-state index contributed by atoms with van der Waals surface area (Å²) in [5, 5.41) is 3.14. The molecule has 4 N–H and O–H groups in total. The molecular formula is C14H10BrFN4O. The van der Waals surface area contributed by atoms with Crippen molar-refractivity contribution in [2.75, 3.05) is 11.1 Å². The summed E-state index contributed by atoms with van der Waals surface area (Å²) in [6.07, 6.45) is 0. The van der Waals surface area contributed by atoms with Gasteiger partial charge in [-0.1, -0.05) is 15.9 Å². The van der Waals surface area contributed by atoms with Gasteiger partial charge < -0.3 is 11.1 Å². The minimum Gasteiger partial charge on any atom is -0.399 e. The highest BCUT2D eigenvalue weighted by molar-refractivity contribution is 9.10. The molecule has 0 saturated heterocycles. The van der Waals surface area contributed by atoms with E-state index in [-0.39, 0.29) is 17.2 Å². The number of benzene rings is 2. The molecule has 1 heterocycles. The lowest BCUT2D eigenvalue weighted by Crippen LogP contribution is -2.12. The van der Waals surface area contributed by atoms with Crippen LogP contribution < -0.4 is 16.6 Å². The van der Waals surface area contributed by atoms with Gasteiger partial charge in [0.1, 0.15) is 5.82 Å². The maximum atomic E-state index is 13.8.